The van der Waals surface area contributed by atoms with E-state index in [1.54, 1.807) is 6.07 Å². The number of alkyl halides is 3. The van der Waals surface area contributed by atoms with Crippen LogP contribution in [0.4, 0.5) is 28.9 Å². The molecule has 0 unspecified atom stereocenters. The van der Waals surface area contributed by atoms with Gasteiger partial charge in [-0.05, 0) is 30.3 Å². The second-order valence-corrected chi connectivity index (χ2v) is 3.86. The van der Waals surface area contributed by atoms with Gasteiger partial charge >= 0.3 is 6.18 Å². The van der Waals surface area contributed by atoms with Gasteiger partial charge in [0.1, 0.15) is 11.9 Å². The van der Waals surface area contributed by atoms with Gasteiger partial charge in [0.15, 0.2) is 5.69 Å². The number of rotatable bonds is 2. The number of nitrogens with one attached hydrogen (secondary N) is 1. The summed E-state index contributed by atoms with van der Waals surface area (Å²) < 4.78 is 50.5. The van der Waals surface area contributed by atoms with Crippen molar-refractivity contribution in [1.29, 1.82) is 5.26 Å². The molecule has 2 rings (SSSR count). The lowest BCUT2D eigenvalue weighted by Gasteiger charge is -2.11. The maximum atomic E-state index is 12.8. The SMILES string of the molecule is N#Cc1ncc(C(F)(F)F)cc1Nc1ccc(F)cc1. The molecule has 2 aromatic rings. The lowest BCUT2D eigenvalue weighted by atomic mass is 10.2. The number of aromatic nitrogens is 1. The van der Waals surface area contributed by atoms with Crippen molar-refractivity contribution in [2.45, 2.75) is 6.18 Å². The van der Waals surface area contributed by atoms with Gasteiger partial charge in [0, 0.05) is 11.9 Å². The molecule has 1 aromatic carbocycles. The molecular formula is C13H7F4N3. The van der Waals surface area contributed by atoms with E-state index in [0.717, 1.165) is 18.2 Å². The third kappa shape index (κ3) is 3.03. The van der Waals surface area contributed by atoms with Gasteiger partial charge in [-0.25, -0.2) is 9.37 Å². The standard InChI is InChI=1S/C13H7F4N3/c14-9-1-3-10(4-2-9)20-11-5-8(13(15,16)17)7-19-12(11)6-18/h1-5,7,20H. The van der Waals surface area contributed by atoms with Crippen molar-refractivity contribution in [3.8, 4) is 6.07 Å². The molecule has 0 radical (unpaired) electrons. The van der Waals surface area contributed by atoms with Gasteiger partial charge in [-0.2, -0.15) is 18.4 Å². The first-order valence-corrected chi connectivity index (χ1v) is 5.40. The molecule has 0 saturated carbocycles. The Balaban J connectivity index is 2.39. The molecule has 0 spiro atoms. The van der Waals surface area contributed by atoms with Gasteiger partial charge in [-0.1, -0.05) is 0 Å². The first kappa shape index (κ1) is 13.8. The topological polar surface area (TPSA) is 48.7 Å². The molecule has 0 saturated heterocycles. The Bertz CT molecular complexity index is 657. The van der Waals surface area contributed by atoms with Gasteiger partial charge < -0.3 is 5.32 Å². The van der Waals surface area contributed by atoms with Crippen molar-refractivity contribution in [2.75, 3.05) is 5.32 Å². The van der Waals surface area contributed by atoms with Crippen LogP contribution in [-0.4, -0.2) is 4.98 Å². The third-order valence-electron chi connectivity index (χ3n) is 2.44. The number of anilines is 2. The van der Waals surface area contributed by atoms with E-state index < -0.39 is 17.6 Å². The van der Waals surface area contributed by atoms with E-state index in [1.165, 1.54) is 12.1 Å². The fourth-order valence-electron chi connectivity index (χ4n) is 1.49. The van der Waals surface area contributed by atoms with Gasteiger partial charge in [0.25, 0.3) is 0 Å². The number of pyridine rings is 1. The maximum Gasteiger partial charge on any atom is 0.417 e. The minimum atomic E-state index is -4.56. The highest BCUT2D eigenvalue weighted by molar-refractivity contribution is 5.65. The average Bonchev–Trinajstić information content (AvgIpc) is 2.40. The third-order valence-corrected chi connectivity index (χ3v) is 2.44. The molecule has 1 aromatic heterocycles. The highest BCUT2D eigenvalue weighted by atomic mass is 19.4. The van der Waals surface area contributed by atoms with Crippen molar-refractivity contribution in [3.05, 3.63) is 53.6 Å². The first-order chi connectivity index (χ1) is 9.40. The summed E-state index contributed by atoms with van der Waals surface area (Å²) in [6.45, 7) is 0. The summed E-state index contributed by atoms with van der Waals surface area (Å²) in [5, 5.41) is 11.5. The van der Waals surface area contributed by atoms with Crippen LogP contribution in [0.3, 0.4) is 0 Å². The second-order valence-electron chi connectivity index (χ2n) is 3.86. The van der Waals surface area contributed by atoms with Gasteiger partial charge in [-0.15, -0.1) is 0 Å². The summed E-state index contributed by atoms with van der Waals surface area (Å²) in [7, 11) is 0. The Morgan fingerprint density at radius 2 is 1.80 bits per heavy atom. The van der Waals surface area contributed by atoms with Crippen molar-refractivity contribution < 1.29 is 17.6 Å². The largest absolute Gasteiger partial charge is 0.417 e. The summed E-state index contributed by atoms with van der Waals surface area (Å²) in [5.41, 5.74) is -0.888. The molecule has 7 heteroatoms. The predicted molar refractivity (Wildman–Crippen MR) is 63.6 cm³/mol. The minimum Gasteiger partial charge on any atom is -0.353 e. The van der Waals surface area contributed by atoms with Crippen LogP contribution in [0.1, 0.15) is 11.3 Å². The molecule has 0 amide bonds. The van der Waals surface area contributed by atoms with E-state index in [-0.39, 0.29) is 11.4 Å². The van der Waals surface area contributed by atoms with E-state index >= 15 is 0 Å². The number of nitrogens with zero attached hydrogens (tertiary/aromatic N) is 2. The van der Waals surface area contributed by atoms with Crippen LogP contribution in [0.5, 0.6) is 0 Å². The Kier molecular flexibility index (Phi) is 3.57. The number of hydrogen-bond donors (Lipinski definition) is 1. The summed E-state index contributed by atoms with van der Waals surface area (Å²) >= 11 is 0. The number of halogens is 4. The van der Waals surface area contributed by atoms with Crippen molar-refractivity contribution in [3.63, 3.8) is 0 Å². The second kappa shape index (κ2) is 5.17. The molecule has 0 atom stereocenters. The molecule has 0 bridgehead atoms. The lowest BCUT2D eigenvalue weighted by molar-refractivity contribution is -0.137. The number of benzene rings is 1. The summed E-state index contributed by atoms with van der Waals surface area (Å²) in [5.74, 6) is -0.474. The van der Waals surface area contributed by atoms with E-state index in [2.05, 4.69) is 10.3 Å². The molecule has 20 heavy (non-hydrogen) atoms. The minimum absolute atomic E-state index is 0.0890. The molecule has 1 N–H and O–H groups in total. The van der Waals surface area contributed by atoms with Crippen LogP contribution < -0.4 is 5.32 Å². The van der Waals surface area contributed by atoms with Crippen LogP contribution in [0.2, 0.25) is 0 Å². The van der Waals surface area contributed by atoms with E-state index in [4.69, 9.17) is 5.26 Å². The molecule has 0 aliphatic rings. The Labute approximate surface area is 111 Å². The Morgan fingerprint density at radius 3 is 2.35 bits per heavy atom. The van der Waals surface area contributed by atoms with Crippen LogP contribution in [0, 0.1) is 17.1 Å². The van der Waals surface area contributed by atoms with Gasteiger partial charge in [-0.3, -0.25) is 0 Å². The molecule has 3 nitrogen and oxygen atoms in total. The van der Waals surface area contributed by atoms with Crippen molar-refractivity contribution in [2.24, 2.45) is 0 Å². The van der Waals surface area contributed by atoms with E-state index in [0.29, 0.717) is 11.9 Å². The summed E-state index contributed by atoms with van der Waals surface area (Å²) in [6, 6.07) is 7.46. The van der Waals surface area contributed by atoms with Crippen LogP contribution in [-0.2, 0) is 6.18 Å². The van der Waals surface area contributed by atoms with Gasteiger partial charge in [0.05, 0.1) is 11.3 Å². The number of hydrogen-bond acceptors (Lipinski definition) is 3. The summed E-state index contributed by atoms with van der Waals surface area (Å²) in [6.07, 6.45) is -3.96. The Morgan fingerprint density at radius 1 is 1.15 bits per heavy atom. The molecule has 1 heterocycles. The molecule has 0 fully saturated rings. The molecule has 102 valence electrons. The number of nitriles is 1. The van der Waals surface area contributed by atoms with Crippen molar-refractivity contribution in [1.82, 2.24) is 4.98 Å². The average molecular weight is 281 g/mol. The zero-order valence-electron chi connectivity index (χ0n) is 9.87. The zero-order valence-corrected chi connectivity index (χ0v) is 9.87. The first-order valence-electron chi connectivity index (χ1n) is 5.40. The Hall–Kier alpha value is -2.62. The van der Waals surface area contributed by atoms with Crippen LogP contribution in [0.25, 0.3) is 0 Å². The smallest absolute Gasteiger partial charge is 0.353 e. The van der Waals surface area contributed by atoms with Crippen LogP contribution in [0.15, 0.2) is 36.5 Å². The lowest BCUT2D eigenvalue weighted by Crippen LogP contribution is -2.07. The quantitative estimate of drug-likeness (QED) is 0.850. The van der Waals surface area contributed by atoms with Gasteiger partial charge in [0.2, 0.25) is 0 Å². The molecular weight excluding hydrogens is 274 g/mol. The van der Waals surface area contributed by atoms with Crippen LogP contribution >= 0.6 is 0 Å². The maximum absolute atomic E-state index is 12.8. The fraction of sp³-hybridized carbons (Fsp3) is 0.0769. The van der Waals surface area contributed by atoms with E-state index in [9.17, 15) is 17.6 Å². The highest BCUT2D eigenvalue weighted by Gasteiger charge is 2.31. The zero-order chi connectivity index (χ0) is 14.8. The van der Waals surface area contributed by atoms with Crippen molar-refractivity contribution >= 4 is 11.4 Å². The monoisotopic (exact) mass is 281 g/mol. The molecule has 0 aliphatic heterocycles. The highest BCUT2D eigenvalue weighted by Crippen LogP contribution is 2.32. The fourth-order valence-corrected chi connectivity index (χ4v) is 1.49. The molecule has 0 aliphatic carbocycles. The predicted octanol–water partition coefficient (Wildman–Crippen LogP) is 3.85. The normalized spacial score (nSPS) is 10.9. The summed E-state index contributed by atoms with van der Waals surface area (Å²) in [4.78, 5) is 3.46. The van der Waals surface area contributed by atoms with E-state index in [1.807, 2.05) is 0 Å².